The van der Waals surface area contributed by atoms with Gasteiger partial charge >= 0.3 is 5.97 Å². The molecule has 4 aromatic rings. The van der Waals surface area contributed by atoms with Gasteiger partial charge in [0.1, 0.15) is 11.5 Å². The third-order valence-electron chi connectivity index (χ3n) is 6.29. The quantitative estimate of drug-likeness (QED) is 0.186. The third kappa shape index (κ3) is 4.96. The average Bonchev–Trinajstić information content (AvgIpc) is 3.48. The molecule has 0 bridgehead atoms. The number of aromatic nitrogens is 1. The molecular weight excluding hydrogens is 542 g/mol. The SMILES string of the molecule is CCOC(=O)C1=C(C)N=c2s/c(=C\c3ccc(-c4ccc(C)c([N+](=O)[O-])c4)o3)c(=O)n2[C@@H]1c1ccc(Cl)cc1. The standard InChI is InChI=1S/C28H22ClN3O6S/c1-4-37-27(34)24-16(3)30-28-31(25(24)17-7-9-19(29)10-8-17)26(33)23(39-28)14-20-11-12-22(38-20)18-6-5-15(2)21(13-18)32(35)36/h5-14,25H,4H2,1-3H3/b23-14-/t25-/m1/s1. The van der Waals surface area contributed by atoms with Crippen LogP contribution in [-0.2, 0) is 9.53 Å². The van der Waals surface area contributed by atoms with E-state index < -0.39 is 16.9 Å². The van der Waals surface area contributed by atoms with Crippen molar-refractivity contribution in [2.75, 3.05) is 6.61 Å². The molecule has 0 radical (unpaired) electrons. The molecule has 0 aliphatic carbocycles. The van der Waals surface area contributed by atoms with Gasteiger partial charge in [0.15, 0.2) is 4.80 Å². The molecular formula is C28H22ClN3O6S. The van der Waals surface area contributed by atoms with Crippen LogP contribution in [0.4, 0.5) is 5.69 Å². The summed E-state index contributed by atoms with van der Waals surface area (Å²) in [5.41, 5.74) is 2.16. The lowest BCUT2D eigenvalue weighted by Crippen LogP contribution is -2.39. The zero-order chi connectivity index (χ0) is 27.8. The zero-order valence-electron chi connectivity index (χ0n) is 21.1. The third-order valence-corrected chi connectivity index (χ3v) is 7.53. The summed E-state index contributed by atoms with van der Waals surface area (Å²) in [6.45, 7) is 5.28. The number of carbonyl (C=O) groups is 1. The number of benzene rings is 2. The predicted molar refractivity (Wildman–Crippen MR) is 147 cm³/mol. The second-order valence-electron chi connectivity index (χ2n) is 8.81. The van der Waals surface area contributed by atoms with Crippen molar-refractivity contribution < 1.29 is 18.9 Å². The molecule has 198 valence electrons. The normalized spacial score (nSPS) is 15.2. The minimum atomic E-state index is -0.750. The molecule has 11 heteroatoms. The number of esters is 1. The Labute approximate surface area is 231 Å². The second kappa shape index (κ2) is 10.5. The molecule has 3 heterocycles. The molecule has 9 nitrogen and oxygen atoms in total. The summed E-state index contributed by atoms with van der Waals surface area (Å²) in [4.78, 5) is 42.5. The molecule has 0 N–H and O–H groups in total. The van der Waals surface area contributed by atoms with Crippen molar-refractivity contribution in [3.63, 3.8) is 0 Å². The highest BCUT2D eigenvalue weighted by Gasteiger charge is 2.33. The molecule has 0 amide bonds. The first kappa shape index (κ1) is 26.3. The van der Waals surface area contributed by atoms with E-state index in [1.54, 1.807) is 75.4 Å². The lowest BCUT2D eigenvalue weighted by molar-refractivity contribution is -0.385. The number of rotatable bonds is 6. The molecule has 0 spiro atoms. The van der Waals surface area contributed by atoms with Gasteiger partial charge in [0.25, 0.3) is 11.2 Å². The Morgan fingerprint density at radius 1 is 1.21 bits per heavy atom. The van der Waals surface area contributed by atoms with Gasteiger partial charge in [0.2, 0.25) is 0 Å². The number of halogens is 1. The number of fused-ring (bicyclic) bond motifs is 1. The van der Waals surface area contributed by atoms with E-state index in [4.69, 9.17) is 20.8 Å². The van der Waals surface area contributed by atoms with Crippen LogP contribution in [-0.4, -0.2) is 22.1 Å². The van der Waals surface area contributed by atoms with Crippen LogP contribution >= 0.6 is 22.9 Å². The van der Waals surface area contributed by atoms with Crippen LogP contribution in [0.25, 0.3) is 17.4 Å². The minimum Gasteiger partial charge on any atom is -0.463 e. The van der Waals surface area contributed by atoms with Gasteiger partial charge in [-0.05, 0) is 50.6 Å². The first-order chi connectivity index (χ1) is 18.7. The number of allylic oxidation sites excluding steroid dienone is 1. The monoisotopic (exact) mass is 563 g/mol. The summed E-state index contributed by atoms with van der Waals surface area (Å²) >= 11 is 7.26. The number of furan rings is 1. The smallest absolute Gasteiger partial charge is 0.338 e. The molecule has 1 aliphatic rings. The number of aryl methyl sites for hydroxylation is 1. The molecule has 0 saturated heterocycles. The Hall–Kier alpha value is -4.28. The van der Waals surface area contributed by atoms with E-state index in [2.05, 4.69) is 4.99 Å². The highest BCUT2D eigenvalue weighted by molar-refractivity contribution is 7.07. The van der Waals surface area contributed by atoms with E-state index in [9.17, 15) is 19.7 Å². The van der Waals surface area contributed by atoms with Crippen LogP contribution in [0.3, 0.4) is 0 Å². The number of thiazole rings is 1. The summed E-state index contributed by atoms with van der Waals surface area (Å²) in [6, 6.07) is 14.4. The van der Waals surface area contributed by atoms with Gasteiger partial charge in [-0.25, -0.2) is 9.79 Å². The summed E-state index contributed by atoms with van der Waals surface area (Å²) in [6.07, 6.45) is 1.60. The number of hydrogen-bond acceptors (Lipinski definition) is 8. The van der Waals surface area contributed by atoms with Gasteiger partial charge < -0.3 is 9.15 Å². The summed E-state index contributed by atoms with van der Waals surface area (Å²) in [7, 11) is 0. The molecule has 39 heavy (non-hydrogen) atoms. The van der Waals surface area contributed by atoms with Crippen molar-refractivity contribution in [2.45, 2.75) is 26.8 Å². The molecule has 1 aliphatic heterocycles. The Bertz CT molecular complexity index is 1830. The molecule has 0 unspecified atom stereocenters. The molecule has 1 atom stereocenters. The summed E-state index contributed by atoms with van der Waals surface area (Å²) < 4.78 is 13.0. The molecule has 2 aromatic carbocycles. The van der Waals surface area contributed by atoms with Gasteiger partial charge in [-0.1, -0.05) is 47.2 Å². The van der Waals surface area contributed by atoms with Crippen molar-refractivity contribution in [3.05, 3.63) is 118 Å². The maximum Gasteiger partial charge on any atom is 0.338 e. The fourth-order valence-electron chi connectivity index (χ4n) is 4.43. The van der Waals surface area contributed by atoms with Crippen LogP contribution in [0.5, 0.6) is 0 Å². The van der Waals surface area contributed by atoms with Crippen molar-refractivity contribution in [1.29, 1.82) is 0 Å². The first-order valence-corrected chi connectivity index (χ1v) is 13.2. The highest BCUT2D eigenvalue weighted by Crippen LogP contribution is 2.32. The van der Waals surface area contributed by atoms with E-state index in [-0.39, 0.29) is 23.4 Å². The van der Waals surface area contributed by atoms with Crippen molar-refractivity contribution >= 4 is 40.7 Å². The van der Waals surface area contributed by atoms with Gasteiger partial charge in [0.05, 0.1) is 33.4 Å². The summed E-state index contributed by atoms with van der Waals surface area (Å²) in [5, 5.41) is 11.9. The molecule has 0 fully saturated rings. The minimum absolute atomic E-state index is 0.00580. The van der Waals surface area contributed by atoms with Gasteiger partial charge in [0, 0.05) is 28.3 Å². The zero-order valence-corrected chi connectivity index (χ0v) is 22.7. The van der Waals surface area contributed by atoms with Gasteiger partial charge in [-0.3, -0.25) is 19.5 Å². The van der Waals surface area contributed by atoms with E-state index in [0.29, 0.717) is 48.3 Å². The lowest BCUT2D eigenvalue weighted by atomic mass is 9.96. The molecule has 5 rings (SSSR count). The van der Waals surface area contributed by atoms with Crippen LogP contribution in [0.2, 0.25) is 5.02 Å². The van der Waals surface area contributed by atoms with E-state index in [0.717, 1.165) is 0 Å². The number of hydrogen-bond donors (Lipinski definition) is 0. The molecule has 2 aromatic heterocycles. The van der Waals surface area contributed by atoms with Crippen LogP contribution < -0.4 is 14.9 Å². The maximum atomic E-state index is 13.7. The Morgan fingerprint density at radius 3 is 2.64 bits per heavy atom. The Kier molecular flexibility index (Phi) is 7.07. The first-order valence-electron chi connectivity index (χ1n) is 12.0. The van der Waals surface area contributed by atoms with Gasteiger partial charge in [-0.2, -0.15) is 0 Å². The largest absolute Gasteiger partial charge is 0.463 e. The Balaban J connectivity index is 1.61. The number of ether oxygens (including phenoxy) is 1. The number of nitro benzene ring substituents is 1. The van der Waals surface area contributed by atoms with Crippen molar-refractivity contribution in [3.8, 4) is 11.3 Å². The lowest BCUT2D eigenvalue weighted by Gasteiger charge is -2.24. The Morgan fingerprint density at radius 2 is 1.95 bits per heavy atom. The average molecular weight is 564 g/mol. The van der Waals surface area contributed by atoms with E-state index in [1.807, 2.05) is 0 Å². The second-order valence-corrected chi connectivity index (χ2v) is 10.3. The van der Waals surface area contributed by atoms with E-state index in [1.165, 1.54) is 22.0 Å². The van der Waals surface area contributed by atoms with Crippen LogP contribution in [0.15, 0.2) is 80.1 Å². The van der Waals surface area contributed by atoms with E-state index >= 15 is 0 Å². The van der Waals surface area contributed by atoms with Crippen LogP contribution in [0, 0.1) is 17.0 Å². The molecule has 0 saturated carbocycles. The van der Waals surface area contributed by atoms with Crippen molar-refractivity contribution in [2.24, 2.45) is 4.99 Å². The van der Waals surface area contributed by atoms with Crippen LogP contribution in [0.1, 0.15) is 36.8 Å². The fourth-order valence-corrected chi connectivity index (χ4v) is 5.58. The van der Waals surface area contributed by atoms with Crippen molar-refractivity contribution in [1.82, 2.24) is 4.57 Å². The fraction of sp³-hybridized carbons (Fsp3) is 0.179. The summed E-state index contributed by atoms with van der Waals surface area (Å²) in [5.74, 6) is 0.273. The predicted octanol–water partition coefficient (Wildman–Crippen LogP) is 4.93. The highest BCUT2D eigenvalue weighted by atomic mass is 35.5. The topological polar surface area (TPSA) is 117 Å². The maximum absolute atomic E-state index is 13.7. The number of carbonyl (C=O) groups excluding carboxylic acids is 1. The number of nitro groups is 1. The number of nitrogens with zero attached hydrogens (tertiary/aromatic N) is 3. The van der Waals surface area contributed by atoms with Gasteiger partial charge in [-0.15, -0.1) is 0 Å².